The molecule has 2 unspecified atom stereocenters. The van der Waals surface area contributed by atoms with Gasteiger partial charge in [-0.2, -0.15) is 10.4 Å². The number of H-pyrrole nitrogens is 1. The number of aromatic amines is 1. The van der Waals surface area contributed by atoms with Crippen LogP contribution in [0.5, 0.6) is 0 Å². The molecule has 0 fully saturated rings. The van der Waals surface area contributed by atoms with Crippen molar-refractivity contribution in [3.63, 3.8) is 0 Å². The van der Waals surface area contributed by atoms with Crippen molar-refractivity contribution >= 4 is 17.4 Å². The minimum Gasteiger partial charge on any atom is -0.383 e. The molecule has 3 N–H and O–H groups in total. The van der Waals surface area contributed by atoms with Crippen LogP contribution in [-0.4, -0.2) is 10.2 Å². The fraction of sp³-hybridized carbons (Fsp3) is 0.333. The second-order valence-corrected chi connectivity index (χ2v) is 4.60. The molecule has 2 rings (SSSR count). The van der Waals surface area contributed by atoms with Crippen LogP contribution in [0.1, 0.15) is 18.2 Å². The number of aromatic nitrogens is 2. The monoisotopic (exact) mass is 248 g/mol. The van der Waals surface area contributed by atoms with Gasteiger partial charge in [-0.3, -0.25) is 5.10 Å². The topological polar surface area (TPSA) is 78.5 Å². The van der Waals surface area contributed by atoms with E-state index in [1.165, 1.54) is 0 Å². The molecule has 0 bridgehead atoms. The van der Waals surface area contributed by atoms with Crippen LogP contribution in [-0.2, 0) is 6.42 Å². The van der Waals surface area contributed by atoms with Crippen molar-refractivity contribution in [1.29, 1.82) is 5.26 Å². The first-order valence-electron chi connectivity index (χ1n) is 5.40. The van der Waals surface area contributed by atoms with E-state index in [4.69, 9.17) is 22.6 Å². The Bertz CT molecular complexity index is 521. The lowest BCUT2D eigenvalue weighted by Gasteiger charge is -2.22. The SMILES string of the molecule is CC1C(Cl)=CC=CC1Cc1n[nH]c(N)c1C#N. The van der Waals surface area contributed by atoms with Gasteiger partial charge in [0, 0.05) is 5.03 Å². The molecule has 1 aliphatic carbocycles. The smallest absolute Gasteiger partial charge is 0.137 e. The first-order valence-corrected chi connectivity index (χ1v) is 5.78. The van der Waals surface area contributed by atoms with Crippen LogP contribution in [0.15, 0.2) is 23.3 Å². The molecule has 5 heteroatoms. The Kier molecular flexibility index (Phi) is 3.21. The van der Waals surface area contributed by atoms with Crippen LogP contribution in [0.25, 0.3) is 0 Å². The van der Waals surface area contributed by atoms with Gasteiger partial charge in [0.25, 0.3) is 0 Å². The van der Waals surface area contributed by atoms with Crippen molar-refractivity contribution in [3.8, 4) is 6.07 Å². The number of rotatable bonds is 2. The second-order valence-electron chi connectivity index (χ2n) is 4.16. The van der Waals surface area contributed by atoms with Crippen molar-refractivity contribution in [2.75, 3.05) is 5.73 Å². The normalized spacial score (nSPS) is 23.2. The Morgan fingerprint density at radius 3 is 3.12 bits per heavy atom. The van der Waals surface area contributed by atoms with Gasteiger partial charge in [-0.25, -0.2) is 0 Å². The molecule has 0 amide bonds. The molecule has 4 nitrogen and oxygen atoms in total. The Morgan fingerprint density at radius 1 is 1.65 bits per heavy atom. The maximum Gasteiger partial charge on any atom is 0.137 e. The highest BCUT2D eigenvalue weighted by Crippen LogP contribution is 2.31. The summed E-state index contributed by atoms with van der Waals surface area (Å²) in [4.78, 5) is 0. The molecule has 88 valence electrons. The summed E-state index contributed by atoms with van der Waals surface area (Å²) in [6.45, 7) is 2.06. The van der Waals surface area contributed by atoms with Crippen LogP contribution < -0.4 is 5.73 Å². The Morgan fingerprint density at radius 2 is 2.41 bits per heavy atom. The fourth-order valence-electron chi connectivity index (χ4n) is 1.95. The molecule has 0 saturated carbocycles. The van der Waals surface area contributed by atoms with E-state index in [0.717, 1.165) is 5.03 Å². The maximum absolute atomic E-state index is 8.99. The predicted molar refractivity (Wildman–Crippen MR) is 67.1 cm³/mol. The van der Waals surface area contributed by atoms with Crippen molar-refractivity contribution in [3.05, 3.63) is 34.5 Å². The summed E-state index contributed by atoms with van der Waals surface area (Å²) in [7, 11) is 0. The molecule has 2 atom stereocenters. The number of nitrogen functional groups attached to an aromatic ring is 1. The summed E-state index contributed by atoms with van der Waals surface area (Å²) in [5.41, 5.74) is 6.77. The minimum atomic E-state index is 0.242. The van der Waals surface area contributed by atoms with Crippen LogP contribution >= 0.6 is 11.6 Å². The quantitative estimate of drug-likeness (QED) is 0.843. The standard InChI is InChI=1S/C12H13ClN4/c1-7-8(3-2-4-10(7)13)5-11-9(6-14)12(15)17-16-11/h2-4,7-8H,5H2,1H3,(H3,15,16,17). The van der Waals surface area contributed by atoms with Gasteiger partial charge in [-0.1, -0.05) is 30.7 Å². The average Bonchev–Trinajstić information content (AvgIpc) is 2.66. The zero-order valence-electron chi connectivity index (χ0n) is 9.44. The number of nitrogens with two attached hydrogens (primary N) is 1. The third-order valence-electron chi connectivity index (χ3n) is 3.10. The molecular weight excluding hydrogens is 236 g/mol. The van der Waals surface area contributed by atoms with Crippen molar-refractivity contribution in [2.45, 2.75) is 13.3 Å². The van der Waals surface area contributed by atoms with E-state index < -0.39 is 0 Å². The summed E-state index contributed by atoms with van der Waals surface area (Å²) in [6.07, 6.45) is 6.59. The maximum atomic E-state index is 8.99. The first kappa shape index (κ1) is 11.7. The molecule has 1 heterocycles. The zero-order chi connectivity index (χ0) is 12.4. The number of halogens is 1. The Balaban J connectivity index is 2.20. The number of hydrogen-bond acceptors (Lipinski definition) is 3. The van der Waals surface area contributed by atoms with Crippen LogP contribution in [0.3, 0.4) is 0 Å². The van der Waals surface area contributed by atoms with Gasteiger partial charge in [0.1, 0.15) is 17.5 Å². The summed E-state index contributed by atoms with van der Waals surface area (Å²) >= 11 is 6.10. The third kappa shape index (κ3) is 2.20. The number of hydrogen-bond donors (Lipinski definition) is 2. The van der Waals surface area contributed by atoms with Gasteiger partial charge in [-0.05, 0) is 24.3 Å². The molecular formula is C12H13ClN4. The lowest BCUT2D eigenvalue weighted by molar-refractivity contribution is 0.490. The highest BCUT2D eigenvalue weighted by Gasteiger charge is 2.23. The average molecular weight is 249 g/mol. The molecule has 1 aromatic heterocycles. The van der Waals surface area contributed by atoms with Crippen molar-refractivity contribution < 1.29 is 0 Å². The molecule has 0 saturated heterocycles. The molecule has 0 radical (unpaired) electrons. The molecule has 0 aliphatic heterocycles. The van der Waals surface area contributed by atoms with Crippen LogP contribution in [0, 0.1) is 23.2 Å². The molecule has 0 aromatic carbocycles. The highest BCUT2D eigenvalue weighted by atomic mass is 35.5. The number of nitrogens with one attached hydrogen (secondary N) is 1. The van der Waals surface area contributed by atoms with Crippen LogP contribution in [0.4, 0.5) is 5.82 Å². The summed E-state index contributed by atoms with van der Waals surface area (Å²) in [5.74, 6) is 0.824. The summed E-state index contributed by atoms with van der Waals surface area (Å²) in [6, 6.07) is 2.07. The van der Waals surface area contributed by atoms with Gasteiger partial charge >= 0.3 is 0 Å². The third-order valence-corrected chi connectivity index (χ3v) is 3.57. The number of nitriles is 1. The minimum absolute atomic E-state index is 0.242. The molecule has 17 heavy (non-hydrogen) atoms. The van der Waals surface area contributed by atoms with E-state index in [0.29, 0.717) is 23.5 Å². The fourth-order valence-corrected chi connectivity index (χ4v) is 2.18. The molecule has 0 spiro atoms. The van der Waals surface area contributed by atoms with E-state index in [2.05, 4.69) is 29.3 Å². The van der Waals surface area contributed by atoms with E-state index in [9.17, 15) is 0 Å². The summed E-state index contributed by atoms with van der Waals surface area (Å²) in [5, 5.41) is 16.5. The largest absolute Gasteiger partial charge is 0.383 e. The second kappa shape index (κ2) is 4.64. The van der Waals surface area contributed by atoms with Crippen LogP contribution in [0.2, 0.25) is 0 Å². The van der Waals surface area contributed by atoms with E-state index in [-0.39, 0.29) is 11.8 Å². The predicted octanol–water partition coefficient (Wildman–Crippen LogP) is 2.35. The molecule has 1 aliphatic rings. The van der Waals surface area contributed by atoms with Gasteiger partial charge in [0.15, 0.2) is 0 Å². The van der Waals surface area contributed by atoms with Gasteiger partial charge in [-0.15, -0.1) is 0 Å². The Labute approximate surface area is 105 Å². The van der Waals surface area contributed by atoms with E-state index in [1.54, 1.807) is 0 Å². The van der Waals surface area contributed by atoms with E-state index in [1.807, 2.05) is 12.2 Å². The Hall–Kier alpha value is -1.73. The lowest BCUT2D eigenvalue weighted by atomic mass is 9.85. The number of allylic oxidation sites excluding steroid dienone is 4. The van der Waals surface area contributed by atoms with Gasteiger partial charge in [0.2, 0.25) is 0 Å². The number of nitrogens with zero attached hydrogens (tertiary/aromatic N) is 2. The molecule has 1 aromatic rings. The zero-order valence-corrected chi connectivity index (χ0v) is 10.2. The van der Waals surface area contributed by atoms with E-state index >= 15 is 0 Å². The van der Waals surface area contributed by atoms with Gasteiger partial charge < -0.3 is 5.73 Å². The summed E-state index contributed by atoms with van der Waals surface area (Å²) < 4.78 is 0. The van der Waals surface area contributed by atoms with Gasteiger partial charge in [0.05, 0.1) is 5.69 Å². The van der Waals surface area contributed by atoms with Crippen molar-refractivity contribution in [2.24, 2.45) is 11.8 Å². The van der Waals surface area contributed by atoms with Crippen molar-refractivity contribution in [1.82, 2.24) is 10.2 Å². The lowest BCUT2D eigenvalue weighted by Crippen LogP contribution is -2.15. The number of anilines is 1. The first-order chi connectivity index (χ1) is 8.13. The highest BCUT2D eigenvalue weighted by molar-refractivity contribution is 6.30.